The lowest BCUT2D eigenvalue weighted by atomic mass is 9.99. The maximum absolute atomic E-state index is 11.1. The fourth-order valence-electron chi connectivity index (χ4n) is 2.61. The summed E-state index contributed by atoms with van der Waals surface area (Å²) in [6.45, 7) is 2.07. The first kappa shape index (κ1) is 12.7. The molecule has 1 aliphatic rings. The van der Waals surface area contributed by atoms with E-state index in [1.54, 1.807) is 7.11 Å². The summed E-state index contributed by atoms with van der Waals surface area (Å²) in [6, 6.07) is 11.8. The van der Waals surface area contributed by atoms with Gasteiger partial charge in [0, 0.05) is 6.42 Å². The SMILES string of the molecule is COc1ccc(-c2ccc3c(c2)CC(C)O3)cc1C=O. The molecule has 20 heavy (non-hydrogen) atoms. The summed E-state index contributed by atoms with van der Waals surface area (Å²) in [6.07, 6.45) is 1.99. The van der Waals surface area contributed by atoms with Gasteiger partial charge in [0.1, 0.15) is 17.6 Å². The van der Waals surface area contributed by atoms with Gasteiger partial charge in [-0.2, -0.15) is 0 Å². The average Bonchev–Trinajstić information content (AvgIpc) is 2.85. The molecule has 0 bridgehead atoms. The van der Waals surface area contributed by atoms with Gasteiger partial charge in [-0.1, -0.05) is 12.1 Å². The molecule has 3 rings (SSSR count). The molecule has 0 fully saturated rings. The van der Waals surface area contributed by atoms with E-state index in [1.807, 2.05) is 30.3 Å². The third kappa shape index (κ3) is 2.16. The number of carbonyl (C=O) groups is 1. The molecule has 0 amide bonds. The van der Waals surface area contributed by atoms with Crippen LogP contribution in [0.5, 0.6) is 11.5 Å². The van der Waals surface area contributed by atoms with Crippen LogP contribution in [0.3, 0.4) is 0 Å². The molecule has 0 radical (unpaired) electrons. The molecule has 102 valence electrons. The molecule has 3 heteroatoms. The molecule has 0 N–H and O–H groups in total. The van der Waals surface area contributed by atoms with Crippen LogP contribution in [-0.2, 0) is 6.42 Å². The molecule has 1 unspecified atom stereocenters. The highest BCUT2D eigenvalue weighted by molar-refractivity contribution is 5.83. The second kappa shape index (κ2) is 5.00. The second-order valence-electron chi connectivity index (χ2n) is 5.03. The van der Waals surface area contributed by atoms with Gasteiger partial charge in [0.15, 0.2) is 6.29 Å². The van der Waals surface area contributed by atoms with Crippen LogP contribution in [0.15, 0.2) is 36.4 Å². The third-order valence-corrected chi connectivity index (χ3v) is 3.59. The molecule has 2 aromatic rings. The summed E-state index contributed by atoms with van der Waals surface area (Å²) in [5.74, 6) is 1.56. The summed E-state index contributed by atoms with van der Waals surface area (Å²) in [7, 11) is 1.57. The van der Waals surface area contributed by atoms with Crippen molar-refractivity contribution in [2.45, 2.75) is 19.4 Å². The standard InChI is InChI=1S/C17H16O3/c1-11-7-14-8-12(4-6-17(14)20-11)13-3-5-16(19-2)15(9-13)10-18/h3-6,8-11H,7H2,1-2H3. The van der Waals surface area contributed by atoms with Crippen LogP contribution in [0.4, 0.5) is 0 Å². The lowest BCUT2D eigenvalue weighted by Gasteiger charge is -2.08. The predicted molar refractivity (Wildman–Crippen MR) is 77.6 cm³/mol. The Morgan fingerprint density at radius 1 is 1.20 bits per heavy atom. The summed E-state index contributed by atoms with van der Waals surface area (Å²) in [4.78, 5) is 11.1. The minimum absolute atomic E-state index is 0.238. The van der Waals surface area contributed by atoms with Gasteiger partial charge in [0.2, 0.25) is 0 Å². The number of ether oxygens (including phenoxy) is 2. The Kier molecular flexibility index (Phi) is 3.18. The molecule has 2 aromatic carbocycles. The van der Waals surface area contributed by atoms with Gasteiger partial charge in [-0.3, -0.25) is 4.79 Å². The normalized spacial score (nSPS) is 16.4. The molecule has 0 aliphatic carbocycles. The van der Waals surface area contributed by atoms with Crippen LogP contribution in [0.2, 0.25) is 0 Å². The van der Waals surface area contributed by atoms with E-state index in [-0.39, 0.29) is 6.10 Å². The lowest BCUT2D eigenvalue weighted by Crippen LogP contribution is -2.05. The maximum atomic E-state index is 11.1. The van der Waals surface area contributed by atoms with E-state index in [0.29, 0.717) is 11.3 Å². The van der Waals surface area contributed by atoms with Crippen molar-refractivity contribution in [1.82, 2.24) is 0 Å². The van der Waals surface area contributed by atoms with Crippen molar-refractivity contribution in [2.75, 3.05) is 7.11 Å². The Balaban J connectivity index is 2.02. The molecule has 0 spiro atoms. The van der Waals surface area contributed by atoms with Crippen LogP contribution >= 0.6 is 0 Å². The Bertz CT molecular complexity index is 661. The van der Waals surface area contributed by atoms with E-state index in [0.717, 1.165) is 29.6 Å². The summed E-state index contributed by atoms with van der Waals surface area (Å²) >= 11 is 0. The first-order valence-electron chi connectivity index (χ1n) is 6.64. The smallest absolute Gasteiger partial charge is 0.153 e. The van der Waals surface area contributed by atoms with Crippen molar-refractivity contribution in [1.29, 1.82) is 0 Å². The summed E-state index contributed by atoms with van der Waals surface area (Å²) in [5, 5.41) is 0. The minimum Gasteiger partial charge on any atom is -0.496 e. The molecular weight excluding hydrogens is 252 g/mol. The fraction of sp³-hybridized carbons (Fsp3) is 0.235. The number of carbonyl (C=O) groups excluding carboxylic acids is 1. The molecule has 3 nitrogen and oxygen atoms in total. The van der Waals surface area contributed by atoms with Crippen molar-refractivity contribution >= 4 is 6.29 Å². The zero-order valence-corrected chi connectivity index (χ0v) is 11.6. The van der Waals surface area contributed by atoms with Crippen LogP contribution < -0.4 is 9.47 Å². The van der Waals surface area contributed by atoms with Gasteiger partial charge in [-0.25, -0.2) is 0 Å². The van der Waals surface area contributed by atoms with Crippen LogP contribution in [0.25, 0.3) is 11.1 Å². The highest BCUT2D eigenvalue weighted by Crippen LogP contribution is 2.33. The van der Waals surface area contributed by atoms with Crippen LogP contribution in [-0.4, -0.2) is 19.5 Å². The molecule has 0 aromatic heterocycles. The number of methoxy groups -OCH3 is 1. The number of aldehydes is 1. The van der Waals surface area contributed by atoms with E-state index in [9.17, 15) is 4.79 Å². The first-order valence-corrected chi connectivity index (χ1v) is 6.64. The van der Waals surface area contributed by atoms with E-state index in [2.05, 4.69) is 13.0 Å². The summed E-state index contributed by atoms with van der Waals surface area (Å²) < 4.78 is 10.9. The molecule has 0 saturated carbocycles. The van der Waals surface area contributed by atoms with Gasteiger partial charge in [-0.15, -0.1) is 0 Å². The first-order chi connectivity index (χ1) is 9.71. The number of hydrogen-bond acceptors (Lipinski definition) is 3. The molecule has 1 heterocycles. The highest BCUT2D eigenvalue weighted by atomic mass is 16.5. The van der Waals surface area contributed by atoms with E-state index >= 15 is 0 Å². The summed E-state index contributed by atoms with van der Waals surface area (Å²) in [5.41, 5.74) is 3.89. The Morgan fingerprint density at radius 2 is 1.95 bits per heavy atom. The van der Waals surface area contributed by atoms with Gasteiger partial charge in [-0.05, 0) is 47.9 Å². The van der Waals surface area contributed by atoms with Gasteiger partial charge in [0.25, 0.3) is 0 Å². The Hall–Kier alpha value is -2.29. The van der Waals surface area contributed by atoms with E-state index in [1.165, 1.54) is 5.56 Å². The third-order valence-electron chi connectivity index (χ3n) is 3.59. The predicted octanol–water partition coefficient (Wildman–Crippen LogP) is 3.50. The van der Waals surface area contributed by atoms with E-state index < -0.39 is 0 Å². The highest BCUT2D eigenvalue weighted by Gasteiger charge is 2.19. The van der Waals surface area contributed by atoms with Crippen molar-refractivity contribution in [2.24, 2.45) is 0 Å². The monoisotopic (exact) mass is 268 g/mol. The number of rotatable bonds is 3. The average molecular weight is 268 g/mol. The van der Waals surface area contributed by atoms with Crippen molar-refractivity contribution in [3.05, 3.63) is 47.5 Å². The number of hydrogen-bond donors (Lipinski definition) is 0. The Labute approximate surface area is 118 Å². The van der Waals surface area contributed by atoms with Crippen LogP contribution in [0.1, 0.15) is 22.8 Å². The molecular formula is C17H16O3. The van der Waals surface area contributed by atoms with Crippen molar-refractivity contribution < 1.29 is 14.3 Å². The maximum Gasteiger partial charge on any atom is 0.153 e. The number of fused-ring (bicyclic) bond motifs is 1. The zero-order valence-electron chi connectivity index (χ0n) is 11.6. The van der Waals surface area contributed by atoms with Crippen molar-refractivity contribution in [3.63, 3.8) is 0 Å². The number of benzene rings is 2. The Morgan fingerprint density at radius 3 is 2.70 bits per heavy atom. The fourth-order valence-corrected chi connectivity index (χ4v) is 2.61. The van der Waals surface area contributed by atoms with Gasteiger partial charge >= 0.3 is 0 Å². The van der Waals surface area contributed by atoms with E-state index in [4.69, 9.17) is 9.47 Å². The topological polar surface area (TPSA) is 35.5 Å². The molecule has 0 saturated heterocycles. The largest absolute Gasteiger partial charge is 0.496 e. The molecule has 1 atom stereocenters. The van der Waals surface area contributed by atoms with Crippen molar-refractivity contribution in [3.8, 4) is 22.6 Å². The lowest BCUT2D eigenvalue weighted by molar-refractivity contribution is 0.112. The van der Waals surface area contributed by atoms with Gasteiger partial charge < -0.3 is 9.47 Å². The van der Waals surface area contributed by atoms with Crippen LogP contribution in [0, 0.1) is 0 Å². The minimum atomic E-state index is 0.238. The van der Waals surface area contributed by atoms with Gasteiger partial charge in [0.05, 0.1) is 12.7 Å². The molecule has 1 aliphatic heterocycles. The zero-order chi connectivity index (χ0) is 14.1. The second-order valence-corrected chi connectivity index (χ2v) is 5.03. The quantitative estimate of drug-likeness (QED) is 0.799.